The van der Waals surface area contributed by atoms with Crippen molar-refractivity contribution in [1.82, 2.24) is 20.1 Å². The second kappa shape index (κ2) is 6.49. The molecule has 22 heavy (non-hydrogen) atoms. The molecule has 0 unspecified atom stereocenters. The van der Waals surface area contributed by atoms with Crippen molar-refractivity contribution >= 4 is 40.7 Å². The van der Waals surface area contributed by atoms with E-state index in [0.717, 1.165) is 33.4 Å². The van der Waals surface area contributed by atoms with Crippen LogP contribution >= 0.6 is 34.8 Å². The van der Waals surface area contributed by atoms with Gasteiger partial charge < -0.3 is 9.88 Å². The van der Waals surface area contributed by atoms with Crippen LogP contribution in [0, 0.1) is 15.3 Å². The Hall–Kier alpha value is -1.22. The number of hydrogen-bond donors (Lipinski definition) is 2. The number of nitrogens with one attached hydrogen (secondary N) is 2. The number of H-pyrrole nitrogens is 1. The molecule has 1 aliphatic carbocycles. The maximum Gasteiger partial charge on any atom is 0.252 e. The second-order valence-corrected chi connectivity index (χ2v) is 7.08. The number of aromatic amines is 1. The molecule has 0 saturated heterocycles. The smallest absolute Gasteiger partial charge is 0.252 e. The van der Waals surface area contributed by atoms with Gasteiger partial charge in [-0.2, -0.15) is 5.10 Å². The summed E-state index contributed by atoms with van der Waals surface area (Å²) in [5.74, 6) is 0.881. The van der Waals surface area contributed by atoms with Crippen LogP contribution in [0.25, 0.3) is 0 Å². The fourth-order valence-electron chi connectivity index (χ4n) is 2.42. The molecule has 116 valence electrons. The predicted molar refractivity (Wildman–Crippen MR) is 95.6 cm³/mol. The van der Waals surface area contributed by atoms with Crippen LogP contribution in [-0.4, -0.2) is 27.2 Å². The van der Waals surface area contributed by atoms with E-state index in [4.69, 9.17) is 12.2 Å². The quantitative estimate of drug-likeness (QED) is 0.568. The molecule has 0 bridgehead atoms. The van der Waals surface area contributed by atoms with E-state index in [0.29, 0.717) is 23.8 Å². The normalized spacial score (nSPS) is 14.1. The van der Waals surface area contributed by atoms with E-state index in [1.54, 1.807) is 0 Å². The monoisotopic (exact) mass is 428 g/mol. The highest BCUT2D eigenvalue weighted by Crippen LogP contribution is 2.35. The summed E-state index contributed by atoms with van der Waals surface area (Å²) >= 11 is 7.44. The number of carbonyl (C=O) groups is 1. The van der Waals surface area contributed by atoms with Crippen LogP contribution < -0.4 is 5.32 Å². The molecule has 0 spiro atoms. The Balaban J connectivity index is 1.62. The van der Waals surface area contributed by atoms with Crippen molar-refractivity contribution < 1.29 is 4.79 Å². The topological polar surface area (TPSA) is 62.7 Å². The highest BCUT2D eigenvalue weighted by Gasteiger charge is 2.27. The minimum atomic E-state index is -0.0415. The zero-order valence-corrected chi connectivity index (χ0v) is 15.2. The summed E-state index contributed by atoms with van der Waals surface area (Å²) in [6.45, 7) is 2.54. The van der Waals surface area contributed by atoms with Gasteiger partial charge in [0.05, 0.1) is 5.56 Å². The van der Waals surface area contributed by atoms with Crippen molar-refractivity contribution in [2.45, 2.75) is 32.2 Å². The summed E-state index contributed by atoms with van der Waals surface area (Å²) < 4.78 is 3.72. The average Bonchev–Trinajstić information content (AvgIpc) is 3.25. The summed E-state index contributed by atoms with van der Waals surface area (Å²) in [6.07, 6.45) is 3.00. The largest absolute Gasteiger partial charge is 0.352 e. The summed E-state index contributed by atoms with van der Waals surface area (Å²) in [5, 5.41) is 10.1. The van der Waals surface area contributed by atoms with E-state index >= 15 is 0 Å². The molecule has 0 atom stereocenters. The Morgan fingerprint density at radius 1 is 1.55 bits per heavy atom. The first-order chi connectivity index (χ1) is 10.6. The maximum absolute atomic E-state index is 12.3. The molecule has 1 fully saturated rings. The van der Waals surface area contributed by atoms with E-state index < -0.39 is 0 Å². The minimum absolute atomic E-state index is 0.0415. The average molecular weight is 428 g/mol. The number of amides is 1. The molecule has 1 saturated carbocycles. The highest BCUT2D eigenvalue weighted by molar-refractivity contribution is 14.1. The lowest BCUT2D eigenvalue weighted by atomic mass is 10.1. The van der Waals surface area contributed by atoms with Gasteiger partial charge >= 0.3 is 0 Å². The molecule has 1 heterocycles. The van der Waals surface area contributed by atoms with E-state index in [2.05, 4.69) is 42.7 Å². The Kier molecular flexibility index (Phi) is 4.62. The number of aromatic nitrogens is 3. The van der Waals surface area contributed by atoms with Gasteiger partial charge in [-0.25, -0.2) is 0 Å². The molecule has 0 radical (unpaired) electrons. The third-order valence-corrected chi connectivity index (χ3v) is 4.92. The number of carbonyl (C=O) groups excluding carboxylic acids is 1. The standard InChI is InChI=1S/C15H17IN4OS/c1-9-2-5-12(16)11(8-9)14(21)17-7-6-13-18-19-15(22)20(13)10-3-4-10/h2,5,8,10H,3-4,6-7H2,1H3,(H,17,21)(H,19,22). The summed E-state index contributed by atoms with van der Waals surface area (Å²) in [7, 11) is 0. The fraction of sp³-hybridized carbons (Fsp3) is 0.400. The first-order valence-electron chi connectivity index (χ1n) is 7.26. The molecule has 1 amide bonds. The second-order valence-electron chi connectivity index (χ2n) is 5.54. The van der Waals surface area contributed by atoms with Gasteiger partial charge in [0.2, 0.25) is 0 Å². The van der Waals surface area contributed by atoms with Crippen molar-refractivity contribution in [1.29, 1.82) is 0 Å². The third-order valence-electron chi connectivity index (χ3n) is 3.69. The SMILES string of the molecule is Cc1ccc(I)c(C(=O)NCCc2n[nH]c(=S)n2C2CC2)c1. The van der Waals surface area contributed by atoms with Gasteiger partial charge in [0.1, 0.15) is 5.82 Å². The Bertz CT molecular complexity index is 763. The zero-order chi connectivity index (χ0) is 15.7. The first-order valence-corrected chi connectivity index (χ1v) is 8.75. The minimum Gasteiger partial charge on any atom is -0.352 e. The zero-order valence-electron chi connectivity index (χ0n) is 12.2. The van der Waals surface area contributed by atoms with Gasteiger partial charge in [-0.05, 0) is 66.7 Å². The maximum atomic E-state index is 12.3. The lowest BCUT2D eigenvalue weighted by molar-refractivity contribution is 0.0953. The lowest BCUT2D eigenvalue weighted by Crippen LogP contribution is -2.27. The van der Waals surface area contributed by atoms with Crippen molar-refractivity contribution in [2.75, 3.05) is 6.54 Å². The van der Waals surface area contributed by atoms with Crippen LogP contribution in [0.15, 0.2) is 18.2 Å². The Morgan fingerprint density at radius 2 is 2.32 bits per heavy atom. The van der Waals surface area contributed by atoms with Crippen LogP contribution in [0.3, 0.4) is 0 Å². The van der Waals surface area contributed by atoms with E-state index in [1.807, 2.05) is 25.1 Å². The van der Waals surface area contributed by atoms with E-state index in [1.165, 1.54) is 0 Å². The number of nitrogens with zero attached hydrogens (tertiary/aromatic N) is 2. The molecule has 7 heteroatoms. The molecule has 5 nitrogen and oxygen atoms in total. The molecule has 1 aliphatic rings. The van der Waals surface area contributed by atoms with Crippen molar-refractivity contribution in [3.63, 3.8) is 0 Å². The van der Waals surface area contributed by atoms with Gasteiger partial charge in [-0.1, -0.05) is 11.6 Å². The van der Waals surface area contributed by atoms with Crippen molar-refractivity contribution in [3.8, 4) is 0 Å². The van der Waals surface area contributed by atoms with Crippen LogP contribution in [0.4, 0.5) is 0 Å². The summed E-state index contributed by atoms with van der Waals surface area (Å²) in [6, 6.07) is 6.38. The van der Waals surface area contributed by atoms with Gasteiger partial charge in [-0.3, -0.25) is 9.89 Å². The third kappa shape index (κ3) is 3.40. The Labute approximate surface area is 147 Å². The van der Waals surface area contributed by atoms with Crippen molar-refractivity contribution in [2.24, 2.45) is 0 Å². The van der Waals surface area contributed by atoms with Crippen LogP contribution in [0.1, 0.15) is 40.6 Å². The molecule has 2 N–H and O–H groups in total. The van der Waals surface area contributed by atoms with Gasteiger partial charge in [-0.15, -0.1) is 0 Å². The van der Waals surface area contributed by atoms with Crippen LogP contribution in [0.2, 0.25) is 0 Å². The molecule has 3 rings (SSSR count). The number of halogens is 1. The summed E-state index contributed by atoms with van der Waals surface area (Å²) in [5.41, 5.74) is 1.81. The molecule has 2 aromatic rings. The van der Waals surface area contributed by atoms with Crippen LogP contribution in [-0.2, 0) is 6.42 Å². The molecular weight excluding hydrogens is 411 g/mol. The predicted octanol–water partition coefficient (Wildman–Crippen LogP) is 3.16. The van der Waals surface area contributed by atoms with E-state index in [9.17, 15) is 4.79 Å². The first kappa shape index (κ1) is 15.7. The fourth-order valence-corrected chi connectivity index (χ4v) is 3.30. The molecule has 0 aliphatic heterocycles. The molecule has 1 aromatic heterocycles. The Morgan fingerprint density at radius 3 is 3.05 bits per heavy atom. The van der Waals surface area contributed by atoms with Crippen molar-refractivity contribution in [3.05, 3.63) is 43.5 Å². The number of aryl methyl sites for hydroxylation is 1. The van der Waals surface area contributed by atoms with Crippen LogP contribution in [0.5, 0.6) is 0 Å². The number of rotatable bonds is 5. The summed E-state index contributed by atoms with van der Waals surface area (Å²) in [4.78, 5) is 12.3. The van der Waals surface area contributed by atoms with Gasteiger partial charge in [0.15, 0.2) is 4.77 Å². The van der Waals surface area contributed by atoms with E-state index in [-0.39, 0.29) is 5.91 Å². The highest BCUT2D eigenvalue weighted by atomic mass is 127. The van der Waals surface area contributed by atoms with Gasteiger partial charge in [0.25, 0.3) is 5.91 Å². The molecule has 1 aromatic carbocycles. The molecular formula is C15H17IN4OS. The van der Waals surface area contributed by atoms with Gasteiger partial charge in [0, 0.05) is 22.6 Å². The number of hydrogen-bond acceptors (Lipinski definition) is 3. The lowest BCUT2D eigenvalue weighted by Gasteiger charge is -2.08. The number of benzene rings is 1.